The largest absolute Gasteiger partial charge is 0.378 e. The molecule has 2 N–H and O–H groups in total. The van der Waals surface area contributed by atoms with Gasteiger partial charge in [-0.25, -0.2) is 0 Å². The first-order valence-corrected chi connectivity index (χ1v) is 7.32. The van der Waals surface area contributed by atoms with Gasteiger partial charge in [0.1, 0.15) is 0 Å². The number of nitrogens with zero attached hydrogens (tertiary/aromatic N) is 1. The van der Waals surface area contributed by atoms with E-state index in [0.29, 0.717) is 12.0 Å². The maximum absolute atomic E-state index is 5.72. The lowest BCUT2D eigenvalue weighted by atomic mass is 10.0. The Balaban J connectivity index is 0. The number of ether oxygens (including phenoxy) is 1. The molecule has 120 valence electrons. The molecule has 1 unspecified atom stereocenters. The quantitative estimate of drug-likeness (QED) is 0.207. The predicted molar refractivity (Wildman–Crippen MR) is 99.1 cm³/mol. The molecular formula is C15H32IN3O. The van der Waals surface area contributed by atoms with Gasteiger partial charge in [-0.15, -0.1) is 24.0 Å². The summed E-state index contributed by atoms with van der Waals surface area (Å²) in [5.74, 6) is 1.41. The molecule has 0 rings (SSSR count). The molecule has 0 aliphatic heterocycles. The average Bonchev–Trinajstić information content (AvgIpc) is 2.40. The Bertz CT molecular complexity index is 268. The van der Waals surface area contributed by atoms with Crippen molar-refractivity contribution in [2.75, 3.05) is 26.7 Å². The van der Waals surface area contributed by atoms with Gasteiger partial charge in [0.15, 0.2) is 5.96 Å². The van der Waals surface area contributed by atoms with Crippen molar-refractivity contribution in [3.8, 4) is 0 Å². The van der Waals surface area contributed by atoms with E-state index < -0.39 is 0 Å². The highest BCUT2D eigenvalue weighted by atomic mass is 127. The molecule has 20 heavy (non-hydrogen) atoms. The third kappa shape index (κ3) is 11.5. The zero-order valence-corrected chi connectivity index (χ0v) is 15.9. The molecule has 0 spiro atoms. The topological polar surface area (TPSA) is 45.7 Å². The second-order valence-corrected chi connectivity index (χ2v) is 4.81. The van der Waals surface area contributed by atoms with Crippen molar-refractivity contribution in [2.45, 2.75) is 46.6 Å². The molecule has 0 radical (unpaired) electrons. The number of hydrogen-bond acceptors (Lipinski definition) is 2. The summed E-state index contributed by atoms with van der Waals surface area (Å²) in [6, 6.07) is 0. The predicted octanol–water partition coefficient (Wildman–Crippen LogP) is 3.19. The van der Waals surface area contributed by atoms with Crippen LogP contribution in [0.4, 0.5) is 0 Å². The molecule has 5 heteroatoms. The van der Waals surface area contributed by atoms with E-state index in [9.17, 15) is 0 Å². The number of allylic oxidation sites excluding steroid dienone is 1. The van der Waals surface area contributed by atoms with Crippen LogP contribution in [0.3, 0.4) is 0 Å². The first kappa shape index (κ1) is 22.0. The molecule has 0 heterocycles. The third-order valence-electron chi connectivity index (χ3n) is 2.91. The summed E-state index contributed by atoms with van der Waals surface area (Å²) < 4.78 is 5.72. The SMILES string of the molecule is C/C=C/CCNC(=NC)NCCC(OCC)C(C)C.I. The van der Waals surface area contributed by atoms with Gasteiger partial charge < -0.3 is 15.4 Å². The molecule has 1 atom stereocenters. The summed E-state index contributed by atoms with van der Waals surface area (Å²) in [6.45, 7) is 11.0. The van der Waals surface area contributed by atoms with Gasteiger partial charge in [-0.1, -0.05) is 26.0 Å². The third-order valence-corrected chi connectivity index (χ3v) is 2.91. The smallest absolute Gasteiger partial charge is 0.190 e. The minimum Gasteiger partial charge on any atom is -0.378 e. The number of hydrogen-bond donors (Lipinski definition) is 2. The van der Waals surface area contributed by atoms with E-state index in [1.165, 1.54) is 0 Å². The molecule has 0 aromatic rings. The van der Waals surface area contributed by atoms with E-state index in [2.05, 4.69) is 41.6 Å². The minimum absolute atomic E-state index is 0. The highest BCUT2D eigenvalue weighted by Gasteiger charge is 2.12. The van der Waals surface area contributed by atoms with Crippen molar-refractivity contribution in [2.24, 2.45) is 10.9 Å². The van der Waals surface area contributed by atoms with Crippen LogP contribution < -0.4 is 10.6 Å². The average molecular weight is 397 g/mol. The van der Waals surface area contributed by atoms with Crippen LogP contribution in [-0.2, 0) is 4.74 Å². The van der Waals surface area contributed by atoms with Crippen LogP contribution in [0.1, 0.15) is 40.5 Å². The summed E-state index contributed by atoms with van der Waals surface area (Å²) in [5.41, 5.74) is 0. The van der Waals surface area contributed by atoms with Crippen LogP contribution in [-0.4, -0.2) is 38.8 Å². The molecule has 0 saturated carbocycles. The zero-order valence-electron chi connectivity index (χ0n) is 13.6. The fourth-order valence-corrected chi connectivity index (χ4v) is 1.82. The maximum atomic E-state index is 5.72. The first-order valence-electron chi connectivity index (χ1n) is 7.32. The van der Waals surface area contributed by atoms with E-state index in [0.717, 1.165) is 38.5 Å². The number of rotatable bonds is 9. The Kier molecular flexibility index (Phi) is 16.6. The summed E-state index contributed by atoms with van der Waals surface area (Å²) >= 11 is 0. The van der Waals surface area contributed by atoms with Crippen molar-refractivity contribution >= 4 is 29.9 Å². The van der Waals surface area contributed by atoms with E-state index in [4.69, 9.17) is 4.74 Å². The Labute approximate surface area is 141 Å². The van der Waals surface area contributed by atoms with Crippen LogP contribution in [0, 0.1) is 5.92 Å². The van der Waals surface area contributed by atoms with Gasteiger partial charge in [0.25, 0.3) is 0 Å². The van der Waals surface area contributed by atoms with Gasteiger partial charge in [0.05, 0.1) is 6.10 Å². The van der Waals surface area contributed by atoms with Gasteiger partial charge in [0.2, 0.25) is 0 Å². The number of nitrogens with one attached hydrogen (secondary N) is 2. The molecule has 0 fully saturated rings. The molecule has 0 aromatic carbocycles. The minimum atomic E-state index is 0. The number of halogens is 1. The van der Waals surface area contributed by atoms with Gasteiger partial charge in [0, 0.05) is 26.7 Å². The molecule has 0 aliphatic rings. The van der Waals surface area contributed by atoms with E-state index in [-0.39, 0.29) is 24.0 Å². The van der Waals surface area contributed by atoms with E-state index in [1.807, 2.05) is 13.8 Å². The first-order chi connectivity index (χ1) is 9.15. The van der Waals surface area contributed by atoms with Gasteiger partial charge in [-0.2, -0.15) is 0 Å². The zero-order chi connectivity index (χ0) is 14.5. The molecule has 0 amide bonds. The number of aliphatic imine (C=N–C) groups is 1. The lowest BCUT2D eigenvalue weighted by Gasteiger charge is -2.21. The Morgan fingerprint density at radius 2 is 1.90 bits per heavy atom. The maximum Gasteiger partial charge on any atom is 0.190 e. The van der Waals surface area contributed by atoms with Crippen molar-refractivity contribution in [1.82, 2.24) is 10.6 Å². The van der Waals surface area contributed by atoms with E-state index in [1.54, 1.807) is 7.05 Å². The molecule has 0 saturated heterocycles. The molecule has 0 aromatic heterocycles. The summed E-state index contributed by atoms with van der Waals surface area (Å²) in [7, 11) is 1.80. The van der Waals surface area contributed by atoms with E-state index >= 15 is 0 Å². The van der Waals surface area contributed by atoms with Crippen molar-refractivity contribution in [3.05, 3.63) is 12.2 Å². The highest BCUT2D eigenvalue weighted by molar-refractivity contribution is 14.0. The Hall–Kier alpha value is -0.300. The normalized spacial score (nSPS) is 13.4. The monoisotopic (exact) mass is 397 g/mol. The fourth-order valence-electron chi connectivity index (χ4n) is 1.82. The standard InChI is InChI=1S/C15H31N3O.HI/c1-6-8-9-11-17-15(16-5)18-12-10-14(13(3)4)19-7-2;/h6,8,13-14H,7,9-12H2,1-5H3,(H2,16,17,18);1H/b8-6+;. The van der Waals surface area contributed by atoms with Gasteiger partial charge in [-0.05, 0) is 32.6 Å². The van der Waals surface area contributed by atoms with Crippen LogP contribution >= 0.6 is 24.0 Å². The lowest BCUT2D eigenvalue weighted by Crippen LogP contribution is -2.39. The summed E-state index contributed by atoms with van der Waals surface area (Å²) in [5, 5.41) is 6.61. The van der Waals surface area contributed by atoms with Crippen molar-refractivity contribution in [1.29, 1.82) is 0 Å². The highest BCUT2D eigenvalue weighted by Crippen LogP contribution is 2.09. The van der Waals surface area contributed by atoms with Gasteiger partial charge >= 0.3 is 0 Å². The van der Waals surface area contributed by atoms with Crippen LogP contribution in [0.25, 0.3) is 0 Å². The summed E-state index contributed by atoms with van der Waals surface area (Å²) in [4.78, 5) is 4.20. The van der Waals surface area contributed by atoms with Crippen molar-refractivity contribution < 1.29 is 4.74 Å². The van der Waals surface area contributed by atoms with Gasteiger partial charge in [-0.3, -0.25) is 4.99 Å². The molecule has 0 aliphatic carbocycles. The molecule has 4 nitrogen and oxygen atoms in total. The second kappa shape index (κ2) is 15.1. The van der Waals surface area contributed by atoms with Crippen LogP contribution in [0.15, 0.2) is 17.1 Å². The second-order valence-electron chi connectivity index (χ2n) is 4.81. The lowest BCUT2D eigenvalue weighted by molar-refractivity contribution is 0.0258. The van der Waals surface area contributed by atoms with Crippen LogP contribution in [0.5, 0.6) is 0 Å². The van der Waals surface area contributed by atoms with Crippen molar-refractivity contribution in [3.63, 3.8) is 0 Å². The number of guanidine groups is 1. The fraction of sp³-hybridized carbons (Fsp3) is 0.800. The molecule has 0 bridgehead atoms. The Morgan fingerprint density at radius 3 is 2.40 bits per heavy atom. The summed E-state index contributed by atoms with van der Waals surface area (Å²) in [6.07, 6.45) is 6.54. The Morgan fingerprint density at radius 1 is 1.25 bits per heavy atom. The molecular weight excluding hydrogens is 365 g/mol. The van der Waals surface area contributed by atoms with Crippen LogP contribution in [0.2, 0.25) is 0 Å².